The molecule has 5 rings (SSSR count). The van der Waals surface area contributed by atoms with Crippen LogP contribution in [0.2, 0.25) is 0 Å². The number of hydrogen-bond donors (Lipinski definition) is 0. The summed E-state index contributed by atoms with van der Waals surface area (Å²) >= 11 is 0. The number of benzene rings is 2. The molecule has 2 aliphatic rings. The molecule has 3 aromatic rings. The highest BCUT2D eigenvalue weighted by Crippen LogP contribution is 2.37. The van der Waals surface area contributed by atoms with E-state index in [1.807, 2.05) is 6.07 Å². The number of rotatable bonds is 3. The summed E-state index contributed by atoms with van der Waals surface area (Å²) in [6.45, 7) is 1.41. The molecular formula is C20H16FN3O4. The molecule has 1 unspecified atom stereocenters. The molecule has 0 saturated carbocycles. The van der Waals surface area contributed by atoms with Crippen molar-refractivity contribution in [3.63, 3.8) is 0 Å². The summed E-state index contributed by atoms with van der Waals surface area (Å²) < 4.78 is 30.3. The number of nitrogens with zero attached hydrogens (tertiary/aromatic N) is 3. The summed E-state index contributed by atoms with van der Waals surface area (Å²) in [5, 5.41) is 3.97. The van der Waals surface area contributed by atoms with Crippen molar-refractivity contribution in [2.75, 3.05) is 24.7 Å². The number of fused-ring (bicyclic) bond motifs is 1. The molecule has 7 nitrogen and oxygen atoms in total. The lowest BCUT2D eigenvalue weighted by molar-refractivity contribution is -0.117. The maximum absolute atomic E-state index is 13.9. The van der Waals surface area contributed by atoms with Crippen molar-refractivity contribution >= 4 is 11.6 Å². The number of carbonyl (C=O) groups excluding carboxylic acids is 1. The lowest BCUT2D eigenvalue weighted by atomic mass is 10.1. The van der Waals surface area contributed by atoms with Crippen LogP contribution in [0.5, 0.6) is 11.5 Å². The molecule has 28 heavy (non-hydrogen) atoms. The molecule has 2 aromatic carbocycles. The van der Waals surface area contributed by atoms with Gasteiger partial charge >= 0.3 is 0 Å². The van der Waals surface area contributed by atoms with E-state index >= 15 is 0 Å². The van der Waals surface area contributed by atoms with E-state index < -0.39 is 5.82 Å². The van der Waals surface area contributed by atoms with Gasteiger partial charge in [-0.1, -0.05) is 17.3 Å². The number of hydrogen-bond acceptors (Lipinski definition) is 6. The molecule has 1 aromatic heterocycles. The van der Waals surface area contributed by atoms with Crippen LogP contribution >= 0.6 is 0 Å². The molecule has 0 radical (unpaired) electrons. The predicted octanol–water partition coefficient (Wildman–Crippen LogP) is 3.17. The maximum atomic E-state index is 13.9. The van der Waals surface area contributed by atoms with Gasteiger partial charge in [0.05, 0.1) is 5.56 Å². The molecule has 8 heteroatoms. The zero-order valence-electron chi connectivity index (χ0n) is 14.8. The van der Waals surface area contributed by atoms with Gasteiger partial charge < -0.3 is 18.9 Å². The van der Waals surface area contributed by atoms with Crippen LogP contribution in [0.25, 0.3) is 11.5 Å². The summed E-state index contributed by atoms with van der Waals surface area (Å²) in [5.41, 5.74) is 0.976. The van der Waals surface area contributed by atoms with E-state index in [-0.39, 0.29) is 29.7 Å². The first kappa shape index (κ1) is 16.7. The van der Waals surface area contributed by atoms with Gasteiger partial charge in [0.15, 0.2) is 17.3 Å². The molecule has 0 aliphatic carbocycles. The number of anilines is 1. The van der Waals surface area contributed by atoms with Gasteiger partial charge in [-0.05, 0) is 24.3 Å². The van der Waals surface area contributed by atoms with Gasteiger partial charge in [0, 0.05) is 30.6 Å². The minimum atomic E-state index is -0.432. The average Bonchev–Trinajstić information content (AvgIpc) is 3.35. The van der Waals surface area contributed by atoms with Crippen LogP contribution in [0.3, 0.4) is 0 Å². The monoisotopic (exact) mass is 381 g/mol. The first-order valence-electron chi connectivity index (χ1n) is 8.97. The molecule has 0 spiro atoms. The minimum Gasteiger partial charge on any atom is -0.486 e. The number of aromatic nitrogens is 2. The van der Waals surface area contributed by atoms with E-state index in [1.54, 1.807) is 35.2 Å². The fourth-order valence-corrected chi connectivity index (χ4v) is 3.47. The molecule has 142 valence electrons. The molecule has 1 saturated heterocycles. The van der Waals surface area contributed by atoms with Crippen molar-refractivity contribution in [1.82, 2.24) is 10.1 Å². The topological polar surface area (TPSA) is 77.7 Å². The van der Waals surface area contributed by atoms with Crippen molar-refractivity contribution < 1.29 is 23.2 Å². The van der Waals surface area contributed by atoms with Crippen molar-refractivity contribution in [1.29, 1.82) is 0 Å². The van der Waals surface area contributed by atoms with E-state index in [2.05, 4.69) is 10.1 Å². The molecule has 3 heterocycles. The zero-order chi connectivity index (χ0) is 19.1. The van der Waals surface area contributed by atoms with Crippen molar-refractivity contribution in [3.05, 3.63) is 54.1 Å². The Balaban J connectivity index is 1.38. The van der Waals surface area contributed by atoms with Gasteiger partial charge in [-0.15, -0.1) is 0 Å². The third kappa shape index (κ3) is 2.87. The van der Waals surface area contributed by atoms with Crippen LogP contribution < -0.4 is 14.4 Å². The quantitative estimate of drug-likeness (QED) is 0.694. The van der Waals surface area contributed by atoms with Crippen LogP contribution in [0, 0.1) is 5.82 Å². The van der Waals surface area contributed by atoms with Crippen molar-refractivity contribution in [2.24, 2.45) is 0 Å². The Kier molecular flexibility index (Phi) is 3.96. The largest absolute Gasteiger partial charge is 0.486 e. The second-order valence-corrected chi connectivity index (χ2v) is 6.67. The fourth-order valence-electron chi connectivity index (χ4n) is 3.47. The number of ether oxygens (including phenoxy) is 2. The van der Waals surface area contributed by atoms with Crippen LogP contribution in [0.4, 0.5) is 10.1 Å². The predicted molar refractivity (Wildman–Crippen MR) is 96.8 cm³/mol. The fraction of sp³-hybridized carbons (Fsp3) is 0.250. The van der Waals surface area contributed by atoms with Gasteiger partial charge in [-0.2, -0.15) is 4.98 Å². The number of amides is 1. The first-order chi connectivity index (χ1) is 13.7. The standard InChI is InChI=1S/C20H16FN3O4/c21-15-4-2-1-3-14(15)20-22-19(23-28-20)12-9-18(25)24(11-12)13-5-6-16-17(10-13)27-8-7-26-16/h1-6,10,12H,7-9,11H2. The lowest BCUT2D eigenvalue weighted by Gasteiger charge is -2.22. The Labute approximate surface area is 159 Å². The van der Waals surface area contributed by atoms with E-state index in [9.17, 15) is 9.18 Å². The van der Waals surface area contributed by atoms with E-state index in [1.165, 1.54) is 6.07 Å². The molecular weight excluding hydrogens is 365 g/mol. The minimum absolute atomic E-state index is 0.0427. The van der Waals surface area contributed by atoms with Crippen LogP contribution in [0.15, 0.2) is 47.0 Å². The second-order valence-electron chi connectivity index (χ2n) is 6.67. The van der Waals surface area contributed by atoms with E-state index in [0.29, 0.717) is 37.1 Å². The second kappa shape index (κ2) is 6.63. The van der Waals surface area contributed by atoms with Crippen LogP contribution in [0.1, 0.15) is 18.2 Å². The van der Waals surface area contributed by atoms with Gasteiger partial charge in [0.2, 0.25) is 5.91 Å². The Bertz CT molecular complexity index is 1050. The summed E-state index contributed by atoms with van der Waals surface area (Å²) in [6, 6.07) is 11.6. The highest BCUT2D eigenvalue weighted by Gasteiger charge is 2.35. The third-order valence-electron chi connectivity index (χ3n) is 4.87. The van der Waals surface area contributed by atoms with Crippen molar-refractivity contribution in [3.8, 4) is 23.0 Å². The maximum Gasteiger partial charge on any atom is 0.260 e. The van der Waals surface area contributed by atoms with Crippen molar-refractivity contribution in [2.45, 2.75) is 12.3 Å². The summed E-state index contributed by atoms with van der Waals surface area (Å²) in [5.74, 6) is 1.10. The number of halogens is 1. The summed E-state index contributed by atoms with van der Waals surface area (Å²) in [6.07, 6.45) is 0.255. The Morgan fingerprint density at radius 1 is 1.07 bits per heavy atom. The van der Waals surface area contributed by atoms with Gasteiger partial charge in [0.1, 0.15) is 19.0 Å². The van der Waals surface area contributed by atoms with Gasteiger partial charge in [-0.25, -0.2) is 4.39 Å². The lowest BCUT2D eigenvalue weighted by Crippen LogP contribution is -2.25. The Morgan fingerprint density at radius 3 is 2.75 bits per heavy atom. The summed E-state index contributed by atoms with van der Waals surface area (Å²) in [7, 11) is 0. The highest BCUT2D eigenvalue weighted by molar-refractivity contribution is 5.96. The molecule has 2 aliphatic heterocycles. The summed E-state index contributed by atoms with van der Waals surface area (Å²) in [4.78, 5) is 18.5. The van der Waals surface area contributed by atoms with Crippen LogP contribution in [-0.4, -0.2) is 35.8 Å². The average molecular weight is 381 g/mol. The van der Waals surface area contributed by atoms with E-state index in [4.69, 9.17) is 14.0 Å². The van der Waals surface area contributed by atoms with Gasteiger partial charge in [0.25, 0.3) is 5.89 Å². The molecule has 1 amide bonds. The molecule has 0 bridgehead atoms. The Morgan fingerprint density at radius 2 is 1.89 bits per heavy atom. The smallest absolute Gasteiger partial charge is 0.260 e. The molecule has 1 atom stereocenters. The highest BCUT2D eigenvalue weighted by atomic mass is 19.1. The Hall–Kier alpha value is -3.42. The SMILES string of the molecule is O=C1CC(c2noc(-c3ccccc3F)n2)CN1c1ccc2c(c1)OCCO2. The number of carbonyl (C=O) groups is 1. The van der Waals surface area contributed by atoms with E-state index in [0.717, 1.165) is 5.69 Å². The zero-order valence-corrected chi connectivity index (χ0v) is 14.8. The molecule has 1 fully saturated rings. The normalized spacial score (nSPS) is 18.5. The van der Waals surface area contributed by atoms with Crippen LogP contribution in [-0.2, 0) is 4.79 Å². The van der Waals surface area contributed by atoms with Gasteiger partial charge in [-0.3, -0.25) is 4.79 Å². The first-order valence-corrected chi connectivity index (χ1v) is 8.97. The third-order valence-corrected chi connectivity index (χ3v) is 4.87. The molecule has 0 N–H and O–H groups in total.